The second-order valence-corrected chi connectivity index (χ2v) is 4.16. The van der Waals surface area contributed by atoms with E-state index in [0.29, 0.717) is 17.0 Å². The third-order valence-corrected chi connectivity index (χ3v) is 2.74. The highest BCUT2D eigenvalue weighted by atomic mass is 16.2. The third-order valence-electron chi connectivity index (χ3n) is 2.74. The third kappa shape index (κ3) is 1.54. The van der Waals surface area contributed by atoms with E-state index >= 15 is 0 Å². The van der Waals surface area contributed by atoms with Crippen LogP contribution in [-0.4, -0.2) is 12.2 Å². The van der Waals surface area contributed by atoms with E-state index in [1.165, 1.54) is 0 Å². The van der Waals surface area contributed by atoms with Crippen molar-refractivity contribution in [2.45, 2.75) is 19.9 Å². The summed E-state index contributed by atoms with van der Waals surface area (Å²) in [5.41, 5.74) is 2.26. The molecule has 78 valence electrons. The number of aldehydes is 1. The minimum atomic E-state index is -0.0406. The van der Waals surface area contributed by atoms with Crippen LogP contribution in [0.15, 0.2) is 18.2 Å². The minimum absolute atomic E-state index is 0.0346. The van der Waals surface area contributed by atoms with Gasteiger partial charge in [0.05, 0.1) is 6.04 Å². The predicted molar refractivity (Wildman–Crippen MR) is 56.9 cm³/mol. The Morgan fingerprint density at radius 3 is 2.73 bits per heavy atom. The summed E-state index contributed by atoms with van der Waals surface area (Å²) >= 11 is 0. The lowest BCUT2D eigenvalue weighted by Gasteiger charge is -2.15. The Hall–Kier alpha value is -1.64. The van der Waals surface area contributed by atoms with Gasteiger partial charge in [0.25, 0.3) is 5.91 Å². The van der Waals surface area contributed by atoms with Gasteiger partial charge in [0.15, 0.2) is 0 Å². The van der Waals surface area contributed by atoms with Gasteiger partial charge in [-0.1, -0.05) is 19.9 Å². The highest BCUT2D eigenvalue weighted by Gasteiger charge is 2.30. The summed E-state index contributed by atoms with van der Waals surface area (Å²) in [6.45, 7) is 4.10. The molecular formula is C12H13NO2. The van der Waals surface area contributed by atoms with Crippen LogP contribution < -0.4 is 5.32 Å². The Balaban J connectivity index is 2.51. The first-order chi connectivity index (χ1) is 7.13. The second kappa shape index (κ2) is 3.50. The van der Waals surface area contributed by atoms with Crippen molar-refractivity contribution in [2.24, 2.45) is 5.92 Å². The number of benzene rings is 1. The van der Waals surface area contributed by atoms with Crippen LogP contribution in [0, 0.1) is 5.92 Å². The maximum absolute atomic E-state index is 11.6. The molecule has 1 unspecified atom stereocenters. The molecule has 0 bridgehead atoms. The molecule has 1 atom stereocenters. The van der Waals surface area contributed by atoms with Gasteiger partial charge in [-0.15, -0.1) is 0 Å². The van der Waals surface area contributed by atoms with Crippen LogP contribution in [0.2, 0.25) is 0 Å². The summed E-state index contributed by atoms with van der Waals surface area (Å²) in [7, 11) is 0. The lowest BCUT2D eigenvalue weighted by Crippen LogP contribution is -2.22. The summed E-state index contributed by atoms with van der Waals surface area (Å²) in [5.74, 6) is 0.290. The van der Waals surface area contributed by atoms with Crippen LogP contribution in [0.25, 0.3) is 0 Å². The zero-order chi connectivity index (χ0) is 11.0. The Labute approximate surface area is 88.5 Å². The van der Waals surface area contributed by atoms with E-state index in [9.17, 15) is 9.59 Å². The van der Waals surface area contributed by atoms with E-state index in [-0.39, 0.29) is 11.9 Å². The molecule has 3 heteroatoms. The lowest BCUT2D eigenvalue weighted by molar-refractivity contribution is 0.0948. The van der Waals surface area contributed by atoms with E-state index < -0.39 is 0 Å². The smallest absolute Gasteiger partial charge is 0.252 e. The molecule has 0 fully saturated rings. The molecule has 0 saturated heterocycles. The Morgan fingerprint density at radius 2 is 2.13 bits per heavy atom. The largest absolute Gasteiger partial charge is 0.345 e. The van der Waals surface area contributed by atoms with Crippen LogP contribution >= 0.6 is 0 Å². The fourth-order valence-corrected chi connectivity index (χ4v) is 1.94. The molecule has 1 aromatic carbocycles. The van der Waals surface area contributed by atoms with Gasteiger partial charge in [-0.25, -0.2) is 0 Å². The first kappa shape index (κ1) is 9.90. The number of fused-ring (bicyclic) bond motifs is 1. The normalized spacial score (nSPS) is 18.9. The van der Waals surface area contributed by atoms with Crippen LogP contribution in [0.3, 0.4) is 0 Å². The summed E-state index contributed by atoms with van der Waals surface area (Å²) in [6.07, 6.45) is 0.806. The standard InChI is InChI=1S/C12H13NO2/c1-7(2)11-10-5-8(6-14)3-4-9(10)12(15)13-11/h3-7,11H,1-2H3,(H,13,15). The fraction of sp³-hybridized carbons (Fsp3) is 0.333. The molecule has 1 N–H and O–H groups in total. The molecule has 0 spiro atoms. The van der Waals surface area contributed by atoms with E-state index in [0.717, 1.165) is 11.8 Å². The molecule has 15 heavy (non-hydrogen) atoms. The molecule has 2 rings (SSSR count). The molecule has 0 radical (unpaired) electrons. The van der Waals surface area contributed by atoms with Crippen LogP contribution in [-0.2, 0) is 0 Å². The Kier molecular flexibility index (Phi) is 2.31. The van der Waals surface area contributed by atoms with Crippen molar-refractivity contribution in [1.29, 1.82) is 0 Å². The maximum Gasteiger partial charge on any atom is 0.252 e. The van der Waals surface area contributed by atoms with Gasteiger partial charge in [-0.2, -0.15) is 0 Å². The first-order valence-corrected chi connectivity index (χ1v) is 5.03. The second-order valence-electron chi connectivity index (χ2n) is 4.16. The summed E-state index contributed by atoms with van der Waals surface area (Å²) in [6, 6.07) is 5.22. The summed E-state index contributed by atoms with van der Waals surface area (Å²) in [4.78, 5) is 22.2. The maximum atomic E-state index is 11.6. The lowest BCUT2D eigenvalue weighted by atomic mass is 9.95. The zero-order valence-electron chi connectivity index (χ0n) is 8.78. The number of carbonyl (C=O) groups is 2. The monoisotopic (exact) mass is 203 g/mol. The van der Waals surface area contributed by atoms with Crippen LogP contribution in [0.1, 0.15) is 46.2 Å². The molecular weight excluding hydrogens is 190 g/mol. The highest BCUT2D eigenvalue weighted by molar-refractivity contribution is 5.99. The average Bonchev–Trinajstić information content (AvgIpc) is 2.56. The van der Waals surface area contributed by atoms with Gasteiger partial charge in [0.1, 0.15) is 6.29 Å². The topological polar surface area (TPSA) is 46.2 Å². The number of hydrogen-bond donors (Lipinski definition) is 1. The number of amides is 1. The minimum Gasteiger partial charge on any atom is -0.345 e. The van der Waals surface area contributed by atoms with Gasteiger partial charge >= 0.3 is 0 Å². The van der Waals surface area contributed by atoms with Gasteiger partial charge < -0.3 is 5.32 Å². The van der Waals surface area contributed by atoms with Crippen molar-refractivity contribution in [3.63, 3.8) is 0 Å². The number of carbonyl (C=O) groups excluding carboxylic acids is 2. The fourth-order valence-electron chi connectivity index (χ4n) is 1.94. The molecule has 1 aromatic rings. The SMILES string of the molecule is CC(C)C1NC(=O)c2ccc(C=O)cc21. The van der Waals surface area contributed by atoms with Crippen LogP contribution in [0.5, 0.6) is 0 Å². The number of rotatable bonds is 2. The van der Waals surface area contributed by atoms with Crippen molar-refractivity contribution in [2.75, 3.05) is 0 Å². The van der Waals surface area contributed by atoms with Gasteiger partial charge in [-0.3, -0.25) is 9.59 Å². The zero-order valence-corrected chi connectivity index (χ0v) is 8.78. The van der Waals surface area contributed by atoms with E-state index in [1.807, 2.05) is 13.8 Å². The summed E-state index contributed by atoms with van der Waals surface area (Å²) < 4.78 is 0. The molecule has 1 aliphatic heterocycles. The van der Waals surface area contributed by atoms with Crippen molar-refractivity contribution in [3.05, 3.63) is 34.9 Å². The quantitative estimate of drug-likeness (QED) is 0.746. The van der Waals surface area contributed by atoms with Gasteiger partial charge in [-0.05, 0) is 23.6 Å². The molecule has 1 aliphatic rings. The Bertz CT molecular complexity index is 424. The van der Waals surface area contributed by atoms with Crippen molar-refractivity contribution in [3.8, 4) is 0 Å². The summed E-state index contributed by atoms with van der Waals surface area (Å²) in [5, 5.41) is 2.92. The van der Waals surface area contributed by atoms with Crippen molar-refractivity contribution >= 4 is 12.2 Å². The van der Waals surface area contributed by atoms with Gasteiger partial charge in [0, 0.05) is 11.1 Å². The van der Waals surface area contributed by atoms with E-state index in [4.69, 9.17) is 0 Å². The highest BCUT2D eigenvalue weighted by Crippen LogP contribution is 2.31. The van der Waals surface area contributed by atoms with Crippen molar-refractivity contribution < 1.29 is 9.59 Å². The predicted octanol–water partition coefficient (Wildman–Crippen LogP) is 1.94. The number of hydrogen-bond acceptors (Lipinski definition) is 2. The molecule has 0 saturated carbocycles. The van der Waals surface area contributed by atoms with Gasteiger partial charge in [0.2, 0.25) is 0 Å². The average molecular weight is 203 g/mol. The number of nitrogens with one attached hydrogen (secondary N) is 1. The van der Waals surface area contributed by atoms with Crippen molar-refractivity contribution in [1.82, 2.24) is 5.32 Å². The molecule has 1 heterocycles. The molecule has 0 aliphatic carbocycles. The first-order valence-electron chi connectivity index (χ1n) is 5.03. The molecule has 1 amide bonds. The molecule has 3 nitrogen and oxygen atoms in total. The van der Waals surface area contributed by atoms with E-state index in [2.05, 4.69) is 5.32 Å². The van der Waals surface area contributed by atoms with E-state index in [1.54, 1.807) is 18.2 Å². The Morgan fingerprint density at radius 1 is 1.40 bits per heavy atom. The molecule has 0 aromatic heterocycles. The van der Waals surface area contributed by atoms with Crippen LogP contribution in [0.4, 0.5) is 0 Å².